The molecule has 2 aromatic rings. The van der Waals surface area contributed by atoms with Gasteiger partial charge < -0.3 is 9.47 Å². The van der Waals surface area contributed by atoms with Gasteiger partial charge >= 0.3 is 0 Å². The lowest BCUT2D eigenvalue weighted by atomic mass is 10.0. The summed E-state index contributed by atoms with van der Waals surface area (Å²) in [7, 11) is 0. The molecular weight excluding hydrogens is 276 g/mol. The average molecular weight is 300 g/mol. The number of carbonyl (C=O) groups excluding carboxylic acids is 1. The van der Waals surface area contributed by atoms with Crippen LogP contribution in [0.15, 0.2) is 30.3 Å². The maximum absolute atomic E-state index is 11.4. The van der Waals surface area contributed by atoms with Crippen molar-refractivity contribution in [1.29, 1.82) is 0 Å². The van der Waals surface area contributed by atoms with Crippen molar-refractivity contribution in [3.8, 4) is 11.5 Å². The fraction of sp³-hybridized carbons (Fsp3) is 0.421. The Bertz CT molecular complexity index is 688. The van der Waals surface area contributed by atoms with E-state index < -0.39 is 0 Å². The lowest BCUT2D eigenvalue weighted by molar-refractivity contribution is 0.109. The Morgan fingerprint density at radius 3 is 2.00 bits per heavy atom. The number of hydrogen-bond donors (Lipinski definition) is 0. The smallest absolute Gasteiger partial charge is 0.153 e. The van der Waals surface area contributed by atoms with Crippen LogP contribution in [-0.2, 0) is 0 Å². The maximum atomic E-state index is 11.4. The maximum Gasteiger partial charge on any atom is 0.153 e. The van der Waals surface area contributed by atoms with Gasteiger partial charge in [0.05, 0.1) is 5.56 Å². The first-order valence-electron chi connectivity index (χ1n) is 7.49. The van der Waals surface area contributed by atoms with E-state index in [0.29, 0.717) is 11.3 Å². The molecule has 0 saturated carbocycles. The van der Waals surface area contributed by atoms with Gasteiger partial charge in [-0.25, -0.2) is 0 Å². The standard InChI is InChI=1S/C19H24O3/c1-18(2,3)21-16-9-7-8-13-11-17(22-19(4,5)6)14(12-20)10-15(13)16/h7-12H,1-6H3. The zero-order valence-electron chi connectivity index (χ0n) is 14.2. The summed E-state index contributed by atoms with van der Waals surface area (Å²) in [6, 6.07) is 9.61. The molecule has 0 aliphatic carbocycles. The Hall–Kier alpha value is -2.03. The highest BCUT2D eigenvalue weighted by atomic mass is 16.5. The Kier molecular flexibility index (Phi) is 4.19. The topological polar surface area (TPSA) is 35.5 Å². The van der Waals surface area contributed by atoms with Crippen LogP contribution in [0.4, 0.5) is 0 Å². The monoisotopic (exact) mass is 300 g/mol. The summed E-state index contributed by atoms with van der Waals surface area (Å²) in [6.45, 7) is 11.9. The van der Waals surface area contributed by atoms with E-state index in [1.165, 1.54) is 0 Å². The van der Waals surface area contributed by atoms with Gasteiger partial charge in [-0.3, -0.25) is 4.79 Å². The van der Waals surface area contributed by atoms with Crippen molar-refractivity contribution in [2.45, 2.75) is 52.7 Å². The Morgan fingerprint density at radius 1 is 0.864 bits per heavy atom. The van der Waals surface area contributed by atoms with Gasteiger partial charge in [-0.1, -0.05) is 12.1 Å². The number of fused-ring (bicyclic) bond motifs is 1. The van der Waals surface area contributed by atoms with Gasteiger partial charge in [0.15, 0.2) is 6.29 Å². The van der Waals surface area contributed by atoms with Crippen LogP contribution < -0.4 is 9.47 Å². The van der Waals surface area contributed by atoms with E-state index in [0.717, 1.165) is 22.8 Å². The van der Waals surface area contributed by atoms with Crippen LogP contribution in [0.1, 0.15) is 51.9 Å². The second-order valence-corrected chi connectivity index (χ2v) is 7.41. The molecule has 0 bridgehead atoms. The molecule has 0 saturated heterocycles. The molecule has 0 heterocycles. The lowest BCUT2D eigenvalue weighted by Gasteiger charge is -2.24. The van der Waals surface area contributed by atoms with Crippen LogP contribution in [0.3, 0.4) is 0 Å². The number of benzene rings is 2. The molecule has 3 heteroatoms. The highest BCUT2D eigenvalue weighted by Crippen LogP contribution is 2.34. The zero-order valence-corrected chi connectivity index (χ0v) is 14.2. The Balaban J connectivity index is 2.58. The van der Waals surface area contributed by atoms with Crippen LogP contribution in [0.5, 0.6) is 11.5 Å². The Labute approximate surface area is 132 Å². The first kappa shape index (κ1) is 16.3. The lowest BCUT2D eigenvalue weighted by Crippen LogP contribution is -2.24. The van der Waals surface area contributed by atoms with Crippen molar-refractivity contribution < 1.29 is 14.3 Å². The number of aldehydes is 1. The van der Waals surface area contributed by atoms with E-state index in [4.69, 9.17) is 9.47 Å². The van der Waals surface area contributed by atoms with Gasteiger partial charge in [-0.2, -0.15) is 0 Å². The molecule has 0 aliphatic rings. The van der Waals surface area contributed by atoms with E-state index in [1.54, 1.807) is 0 Å². The van der Waals surface area contributed by atoms with Gasteiger partial charge in [0.2, 0.25) is 0 Å². The van der Waals surface area contributed by atoms with Gasteiger partial charge in [-0.05, 0) is 65.1 Å². The molecule has 3 nitrogen and oxygen atoms in total. The molecule has 2 aromatic carbocycles. The number of hydrogen-bond acceptors (Lipinski definition) is 3. The van der Waals surface area contributed by atoms with Crippen molar-refractivity contribution >= 4 is 17.1 Å². The minimum atomic E-state index is -0.356. The van der Waals surface area contributed by atoms with Crippen molar-refractivity contribution in [2.24, 2.45) is 0 Å². The predicted octanol–water partition coefficient (Wildman–Crippen LogP) is 5.01. The molecule has 0 unspecified atom stereocenters. The fourth-order valence-corrected chi connectivity index (χ4v) is 2.22. The van der Waals surface area contributed by atoms with Crippen LogP contribution in [0.2, 0.25) is 0 Å². The largest absolute Gasteiger partial charge is 0.488 e. The van der Waals surface area contributed by atoms with Crippen LogP contribution in [0.25, 0.3) is 10.8 Å². The molecule has 2 rings (SSSR count). The van der Waals surface area contributed by atoms with E-state index in [2.05, 4.69) is 0 Å². The van der Waals surface area contributed by atoms with Gasteiger partial charge in [0.1, 0.15) is 22.7 Å². The van der Waals surface area contributed by atoms with Crippen LogP contribution in [-0.4, -0.2) is 17.5 Å². The third kappa shape index (κ3) is 4.00. The summed E-state index contributed by atoms with van der Waals surface area (Å²) < 4.78 is 11.9. The minimum Gasteiger partial charge on any atom is -0.488 e. The van der Waals surface area contributed by atoms with Crippen LogP contribution >= 0.6 is 0 Å². The van der Waals surface area contributed by atoms with Crippen molar-refractivity contribution in [2.75, 3.05) is 0 Å². The van der Waals surface area contributed by atoms with E-state index in [1.807, 2.05) is 71.9 Å². The minimum absolute atomic E-state index is 0.295. The number of ether oxygens (including phenoxy) is 2. The summed E-state index contributed by atoms with van der Waals surface area (Å²) in [4.78, 5) is 11.4. The first-order valence-corrected chi connectivity index (χ1v) is 7.49. The fourth-order valence-electron chi connectivity index (χ4n) is 2.22. The first-order chi connectivity index (χ1) is 10.1. The van der Waals surface area contributed by atoms with Crippen molar-refractivity contribution in [3.63, 3.8) is 0 Å². The molecule has 0 fully saturated rings. The second-order valence-electron chi connectivity index (χ2n) is 7.41. The summed E-state index contributed by atoms with van der Waals surface area (Å²) in [5.41, 5.74) is -0.117. The third-order valence-electron chi connectivity index (χ3n) is 2.93. The molecule has 0 spiro atoms. The molecular formula is C19H24O3. The summed E-state index contributed by atoms with van der Waals surface area (Å²) in [5.74, 6) is 1.37. The van der Waals surface area contributed by atoms with Crippen molar-refractivity contribution in [1.82, 2.24) is 0 Å². The zero-order chi connectivity index (χ0) is 16.5. The Morgan fingerprint density at radius 2 is 1.45 bits per heavy atom. The normalized spacial score (nSPS) is 12.3. The van der Waals surface area contributed by atoms with E-state index in [9.17, 15) is 4.79 Å². The van der Waals surface area contributed by atoms with E-state index >= 15 is 0 Å². The number of rotatable bonds is 3. The summed E-state index contributed by atoms with van der Waals surface area (Å²) >= 11 is 0. The third-order valence-corrected chi connectivity index (χ3v) is 2.93. The highest BCUT2D eigenvalue weighted by Gasteiger charge is 2.18. The quantitative estimate of drug-likeness (QED) is 0.748. The SMILES string of the molecule is CC(C)(C)Oc1cc2cccc(OC(C)(C)C)c2cc1C=O. The van der Waals surface area contributed by atoms with E-state index in [-0.39, 0.29) is 11.2 Å². The molecule has 0 N–H and O–H groups in total. The summed E-state index contributed by atoms with van der Waals surface area (Å²) in [6.07, 6.45) is 0.828. The van der Waals surface area contributed by atoms with Crippen molar-refractivity contribution in [3.05, 3.63) is 35.9 Å². The molecule has 0 aliphatic heterocycles. The predicted molar refractivity (Wildman–Crippen MR) is 90.1 cm³/mol. The number of carbonyl (C=O) groups is 1. The van der Waals surface area contributed by atoms with Crippen LogP contribution in [0, 0.1) is 0 Å². The van der Waals surface area contributed by atoms with Gasteiger partial charge in [0, 0.05) is 5.39 Å². The molecule has 0 amide bonds. The molecule has 118 valence electrons. The second kappa shape index (κ2) is 5.64. The summed E-state index contributed by atoms with van der Waals surface area (Å²) in [5, 5.41) is 1.91. The average Bonchev–Trinajstić information content (AvgIpc) is 2.34. The molecule has 0 aromatic heterocycles. The van der Waals surface area contributed by atoms with Gasteiger partial charge in [-0.15, -0.1) is 0 Å². The molecule has 0 radical (unpaired) electrons. The van der Waals surface area contributed by atoms with Gasteiger partial charge in [0.25, 0.3) is 0 Å². The molecule has 0 atom stereocenters. The highest BCUT2D eigenvalue weighted by molar-refractivity contribution is 5.95. The molecule has 22 heavy (non-hydrogen) atoms.